The van der Waals surface area contributed by atoms with Crippen molar-refractivity contribution in [3.63, 3.8) is 0 Å². The van der Waals surface area contributed by atoms with E-state index < -0.39 is 17.6 Å². The number of pyridine rings is 1. The summed E-state index contributed by atoms with van der Waals surface area (Å²) in [4.78, 5) is 15.8. The molecule has 0 atom stereocenters. The van der Waals surface area contributed by atoms with Gasteiger partial charge in [-0.2, -0.15) is 18.3 Å². The normalized spacial score (nSPS) is 13.8. The maximum absolute atomic E-state index is 12.5. The van der Waals surface area contributed by atoms with Crippen LogP contribution in [0.25, 0.3) is 5.82 Å². The molecule has 1 fully saturated rings. The Balaban J connectivity index is 0.000000367. The number of nitrogens with one attached hydrogen (secondary N) is 2. The van der Waals surface area contributed by atoms with Gasteiger partial charge in [-0.15, -0.1) is 0 Å². The average Bonchev–Trinajstić information content (AvgIpc) is 3.26. The maximum Gasteiger partial charge on any atom is 0.417 e. The first-order valence-electron chi connectivity index (χ1n) is 9.17. The smallest absolute Gasteiger partial charge is 0.379 e. The van der Waals surface area contributed by atoms with Crippen molar-refractivity contribution in [1.82, 2.24) is 20.1 Å². The van der Waals surface area contributed by atoms with Crippen molar-refractivity contribution in [2.75, 3.05) is 31.6 Å². The molecule has 1 amide bonds. The van der Waals surface area contributed by atoms with Crippen LogP contribution in [0.3, 0.4) is 0 Å². The summed E-state index contributed by atoms with van der Waals surface area (Å²) < 4.78 is 43.8. The van der Waals surface area contributed by atoms with Crippen molar-refractivity contribution in [1.29, 1.82) is 0 Å². The van der Waals surface area contributed by atoms with Crippen molar-refractivity contribution < 1.29 is 22.7 Å². The van der Waals surface area contributed by atoms with E-state index in [-0.39, 0.29) is 11.5 Å². The minimum Gasteiger partial charge on any atom is -0.379 e. The fraction of sp³-hybridized carbons (Fsp3) is 0.250. The summed E-state index contributed by atoms with van der Waals surface area (Å²) in [6, 6.07) is 12.4. The lowest BCUT2D eigenvalue weighted by Gasteiger charge is -2.10. The Bertz CT molecular complexity index is 928. The van der Waals surface area contributed by atoms with Crippen LogP contribution in [0, 0.1) is 0 Å². The molecular formula is C20H20F3N5O2. The molecule has 0 aliphatic carbocycles. The Kier molecular flexibility index (Phi) is 7.15. The first-order valence-corrected chi connectivity index (χ1v) is 9.17. The van der Waals surface area contributed by atoms with Gasteiger partial charge in [0, 0.05) is 31.2 Å². The zero-order valence-electron chi connectivity index (χ0n) is 15.9. The van der Waals surface area contributed by atoms with Gasteiger partial charge in [-0.1, -0.05) is 18.2 Å². The van der Waals surface area contributed by atoms with E-state index in [0.717, 1.165) is 38.6 Å². The predicted molar refractivity (Wildman–Crippen MR) is 104 cm³/mol. The Morgan fingerprint density at radius 1 is 1.07 bits per heavy atom. The molecule has 30 heavy (non-hydrogen) atoms. The molecule has 0 radical (unpaired) electrons. The van der Waals surface area contributed by atoms with E-state index in [1.807, 2.05) is 6.07 Å². The molecule has 158 valence electrons. The second-order valence-corrected chi connectivity index (χ2v) is 6.23. The number of benzene rings is 1. The Labute approximate surface area is 170 Å². The van der Waals surface area contributed by atoms with Gasteiger partial charge in [-0.25, -0.2) is 9.67 Å². The van der Waals surface area contributed by atoms with Crippen LogP contribution < -0.4 is 10.6 Å². The summed E-state index contributed by atoms with van der Waals surface area (Å²) in [7, 11) is 0. The second kappa shape index (κ2) is 9.99. The van der Waals surface area contributed by atoms with Crippen LogP contribution in [0.1, 0.15) is 16.1 Å². The van der Waals surface area contributed by atoms with Crippen LogP contribution in [-0.4, -0.2) is 47.0 Å². The number of amides is 1. The maximum atomic E-state index is 12.5. The molecule has 3 aromatic rings. The third-order valence-corrected chi connectivity index (χ3v) is 4.01. The lowest BCUT2D eigenvalue weighted by molar-refractivity contribution is -0.137. The molecule has 0 unspecified atom stereocenters. The molecule has 4 rings (SSSR count). The number of para-hydroxylation sites is 1. The van der Waals surface area contributed by atoms with E-state index in [2.05, 4.69) is 20.7 Å². The fourth-order valence-electron chi connectivity index (χ4n) is 2.49. The highest BCUT2D eigenvalue weighted by Gasteiger charge is 2.30. The van der Waals surface area contributed by atoms with E-state index >= 15 is 0 Å². The van der Waals surface area contributed by atoms with E-state index in [9.17, 15) is 18.0 Å². The van der Waals surface area contributed by atoms with E-state index in [4.69, 9.17) is 4.74 Å². The molecule has 0 saturated carbocycles. The summed E-state index contributed by atoms with van der Waals surface area (Å²) >= 11 is 0. The first kappa shape index (κ1) is 21.5. The van der Waals surface area contributed by atoms with Crippen molar-refractivity contribution >= 4 is 11.6 Å². The number of anilines is 1. The Morgan fingerprint density at radius 3 is 2.33 bits per heavy atom. The minimum atomic E-state index is -4.45. The topological polar surface area (TPSA) is 81.1 Å². The monoisotopic (exact) mass is 419 g/mol. The number of carbonyl (C=O) groups excluding carboxylic acids is 1. The van der Waals surface area contributed by atoms with Crippen molar-refractivity contribution in [3.8, 4) is 5.82 Å². The quantitative estimate of drug-likeness (QED) is 0.682. The van der Waals surface area contributed by atoms with Gasteiger partial charge in [-0.3, -0.25) is 4.79 Å². The highest BCUT2D eigenvalue weighted by atomic mass is 19.4. The van der Waals surface area contributed by atoms with Gasteiger partial charge >= 0.3 is 6.18 Å². The van der Waals surface area contributed by atoms with Crippen LogP contribution >= 0.6 is 0 Å². The summed E-state index contributed by atoms with van der Waals surface area (Å²) in [5, 5.41) is 9.86. The Hall–Kier alpha value is -3.24. The number of rotatable bonds is 3. The van der Waals surface area contributed by atoms with Gasteiger partial charge in [0.1, 0.15) is 0 Å². The predicted octanol–water partition coefficient (Wildman–Crippen LogP) is 3.14. The van der Waals surface area contributed by atoms with Crippen LogP contribution in [-0.2, 0) is 10.9 Å². The minimum absolute atomic E-state index is 0.126. The molecule has 1 aromatic carbocycles. The lowest BCUT2D eigenvalue weighted by Crippen LogP contribution is -2.30. The van der Waals surface area contributed by atoms with Gasteiger partial charge < -0.3 is 15.4 Å². The highest BCUT2D eigenvalue weighted by molar-refractivity contribution is 6.02. The second-order valence-electron chi connectivity index (χ2n) is 6.23. The molecule has 1 saturated heterocycles. The number of nitrogens with zero attached hydrogens (tertiary/aromatic N) is 3. The van der Waals surface area contributed by atoms with E-state index in [1.54, 1.807) is 24.3 Å². The molecular weight excluding hydrogens is 399 g/mol. The number of ether oxygens (including phenoxy) is 1. The van der Waals surface area contributed by atoms with Crippen molar-refractivity contribution in [2.24, 2.45) is 0 Å². The van der Waals surface area contributed by atoms with Crippen molar-refractivity contribution in [2.45, 2.75) is 6.18 Å². The molecule has 0 spiro atoms. The molecule has 1 aliphatic heterocycles. The third kappa shape index (κ3) is 6.13. The fourth-order valence-corrected chi connectivity index (χ4v) is 2.49. The summed E-state index contributed by atoms with van der Waals surface area (Å²) in [5.41, 5.74) is -0.106. The van der Waals surface area contributed by atoms with Gasteiger partial charge in [0.2, 0.25) is 0 Å². The number of hydrogen-bond acceptors (Lipinski definition) is 5. The molecule has 0 bridgehead atoms. The van der Waals surface area contributed by atoms with Gasteiger partial charge in [0.15, 0.2) is 11.5 Å². The zero-order valence-corrected chi connectivity index (χ0v) is 15.9. The van der Waals surface area contributed by atoms with E-state index in [0.29, 0.717) is 5.69 Å². The van der Waals surface area contributed by atoms with Gasteiger partial charge in [0.25, 0.3) is 5.91 Å². The van der Waals surface area contributed by atoms with Gasteiger partial charge in [-0.05, 0) is 30.3 Å². The van der Waals surface area contributed by atoms with Crippen LogP contribution in [0.15, 0.2) is 60.9 Å². The molecule has 2 N–H and O–H groups in total. The molecule has 3 heterocycles. The van der Waals surface area contributed by atoms with E-state index in [1.165, 1.54) is 23.0 Å². The highest BCUT2D eigenvalue weighted by Crippen LogP contribution is 2.28. The SMILES string of the molecule is C1COCCN1.O=C(Nc1ccccc1)c1ccn(-c2ccc(C(F)(F)F)cn2)n1. The van der Waals surface area contributed by atoms with Crippen LogP contribution in [0.4, 0.5) is 18.9 Å². The standard InChI is InChI=1S/C16H11F3N4O.C4H9NO/c17-16(18,19)11-6-7-14(20-10-11)23-9-8-13(22-23)15(24)21-12-4-2-1-3-5-12;1-3-6-4-2-5-1/h1-10H,(H,21,24);5H,1-4H2. The molecule has 10 heteroatoms. The number of morpholine rings is 1. The third-order valence-electron chi connectivity index (χ3n) is 4.01. The number of aromatic nitrogens is 3. The summed E-state index contributed by atoms with van der Waals surface area (Å²) in [6.45, 7) is 3.83. The largest absolute Gasteiger partial charge is 0.417 e. The molecule has 1 aliphatic rings. The zero-order chi connectivity index (χ0) is 21.4. The molecule has 2 aromatic heterocycles. The van der Waals surface area contributed by atoms with Gasteiger partial charge in [0.05, 0.1) is 18.8 Å². The number of hydrogen-bond donors (Lipinski definition) is 2. The number of carbonyl (C=O) groups is 1. The summed E-state index contributed by atoms with van der Waals surface area (Å²) in [5.74, 6) is -0.242. The lowest BCUT2D eigenvalue weighted by atomic mass is 10.3. The Morgan fingerprint density at radius 2 is 1.80 bits per heavy atom. The average molecular weight is 419 g/mol. The summed E-state index contributed by atoms with van der Waals surface area (Å²) in [6.07, 6.45) is -2.27. The first-order chi connectivity index (χ1) is 14.4. The van der Waals surface area contributed by atoms with Crippen LogP contribution in [0.5, 0.6) is 0 Å². The number of halogens is 3. The number of alkyl halides is 3. The van der Waals surface area contributed by atoms with Crippen molar-refractivity contribution in [3.05, 3.63) is 72.2 Å². The van der Waals surface area contributed by atoms with Crippen LogP contribution in [0.2, 0.25) is 0 Å². The molecule has 7 nitrogen and oxygen atoms in total.